The largest absolute Gasteiger partial charge is 0.411 e. The summed E-state index contributed by atoms with van der Waals surface area (Å²) >= 11 is 0. The van der Waals surface area contributed by atoms with Crippen molar-refractivity contribution in [2.75, 3.05) is 0 Å². The predicted octanol–water partition coefficient (Wildman–Crippen LogP) is 5.14. The van der Waals surface area contributed by atoms with Gasteiger partial charge in [-0.1, -0.05) is 30.3 Å². The summed E-state index contributed by atoms with van der Waals surface area (Å²) in [5, 5.41) is 12.4. The Morgan fingerprint density at radius 1 is 1.28 bits per heavy atom. The molecule has 0 spiro atoms. The Morgan fingerprint density at radius 2 is 2.07 bits per heavy atom. The number of hydrogen-bond donors (Lipinski definition) is 1. The lowest BCUT2D eigenvalue weighted by molar-refractivity contribution is -0.120. The van der Waals surface area contributed by atoms with Crippen LogP contribution in [0.15, 0.2) is 53.9 Å². The number of hydrogen-bond acceptors (Lipinski definition) is 4. The van der Waals surface area contributed by atoms with Gasteiger partial charge in [0.25, 0.3) is 0 Å². The van der Waals surface area contributed by atoms with Gasteiger partial charge in [-0.15, -0.1) is 0 Å². The first-order valence-electron chi connectivity index (χ1n) is 9.48. The summed E-state index contributed by atoms with van der Waals surface area (Å²) in [7, 11) is 0. The van der Waals surface area contributed by atoms with Crippen molar-refractivity contribution in [3.8, 4) is 11.3 Å². The Hall–Kier alpha value is -3.09. The number of carbonyl (C=O) groups excluding carboxylic acids is 1. The minimum atomic E-state index is -2.83. The van der Waals surface area contributed by atoms with Crippen LogP contribution in [0.4, 0.5) is 8.78 Å². The molecule has 29 heavy (non-hydrogen) atoms. The summed E-state index contributed by atoms with van der Waals surface area (Å²) in [6, 6.07) is 11.2. The van der Waals surface area contributed by atoms with E-state index in [9.17, 15) is 13.6 Å². The molecule has 2 aromatic heterocycles. The monoisotopic (exact) mass is 399 g/mol. The Balaban J connectivity index is 1.83. The van der Waals surface area contributed by atoms with Gasteiger partial charge >= 0.3 is 0 Å². The molecule has 0 aliphatic carbocycles. The number of Topliss-reactive ketones (excluding diaryl/α,β-unsaturated/α-hetero) is 1. The number of pyridine rings is 1. The second-order valence-electron chi connectivity index (χ2n) is 7.17. The van der Waals surface area contributed by atoms with E-state index in [4.69, 9.17) is 5.21 Å². The number of fused-ring (bicyclic) bond motifs is 1. The van der Waals surface area contributed by atoms with Crippen molar-refractivity contribution in [3.05, 3.63) is 59.9 Å². The van der Waals surface area contributed by atoms with E-state index in [1.807, 2.05) is 53.9 Å². The van der Waals surface area contributed by atoms with Gasteiger partial charge in [-0.3, -0.25) is 9.20 Å². The fraction of sp³-hybridized carbons (Fsp3) is 0.318. The fourth-order valence-corrected chi connectivity index (χ4v) is 3.22. The quantitative estimate of drug-likeness (QED) is 0.324. The van der Waals surface area contributed by atoms with Gasteiger partial charge in [0, 0.05) is 36.6 Å². The molecule has 3 rings (SSSR count). The zero-order valence-electron chi connectivity index (χ0n) is 16.4. The van der Waals surface area contributed by atoms with Crippen LogP contribution in [0, 0.1) is 0 Å². The summed E-state index contributed by atoms with van der Waals surface area (Å²) < 4.78 is 27.8. The Labute approximate surface area is 167 Å². The number of halogens is 2. The van der Waals surface area contributed by atoms with Gasteiger partial charge < -0.3 is 5.21 Å². The minimum absolute atomic E-state index is 0.123. The SMILES string of the molecule is CC/C(=N/O)c1ccn2c(-c3cccc(CC(=O)CCC(C)(F)F)c3)cnc2c1. The normalized spacial score (nSPS) is 12.5. The van der Waals surface area contributed by atoms with Gasteiger partial charge in [0.05, 0.1) is 17.6 Å². The Morgan fingerprint density at radius 3 is 2.76 bits per heavy atom. The number of ketones is 1. The summed E-state index contributed by atoms with van der Waals surface area (Å²) in [6.07, 6.45) is 3.74. The van der Waals surface area contributed by atoms with E-state index in [0.717, 1.165) is 29.3 Å². The molecule has 1 N–H and O–H groups in total. The van der Waals surface area contributed by atoms with Crippen LogP contribution in [-0.4, -0.2) is 32.0 Å². The van der Waals surface area contributed by atoms with Crippen LogP contribution in [0.3, 0.4) is 0 Å². The molecule has 2 heterocycles. The second kappa shape index (κ2) is 8.51. The van der Waals surface area contributed by atoms with Crippen molar-refractivity contribution in [1.82, 2.24) is 9.38 Å². The van der Waals surface area contributed by atoms with Crippen LogP contribution in [0.1, 0.15) is 44.2 Å². The highest BCUT2D eigenvalue weighted by Gasteiger charge is 2.22. The number of imidazole rings is 1. The number of aromatic nitrogens is 2. The number of oxime groups is 1. The van der Waals surface area contributed by atoms with Crippen LogP contribution >= 0.6 is 0 Å². The highest BCUT2D eigenvalue weighted by Crippen LogP contribution is 2.24. The van der Waals surface area contributed by atoms with Crippen LogP contribution in [0.5, 0.6) is 0 Å². The highest BCUT2D eigenvalue weighted by molar-refractivity contribution is 6.00. The molecule has 1 aromatic carbocycles. The zero-order chi connectivity index (χ0) is 21.0. The lowest BCUT2D eigenvalue weighted by atomic mass is 10.0. The number of rotatable bonds is 8. The molecule has 0 bridgehead atoms. The van der Waals surface area contributed by atoms with E-state index in [2.05, 4.69) is 10.1 Å². The lowest BCUT2D eigenvalue weighted by Crippen LogP contribution is -2.13. The van der Waals surface area contributed by atoms with Crippen molar-refractivity contribution in [2.45, 2.75) is 45.5 Å². The zero-order valence-corrected chi connectivity index (χ0v) is 16.4. The van der Waals surface area contributed by atoms with Gasteiger partial charge in [-0.05, 0) is 37.1 Å². The number of alkyl halides is 2. The van der Waals surface area contributed by atoms with Gasteiger partial charge in [0.1, 0.15) is 11.4 Å². The lowest BCUT2D eigenvalue weighted by Gasteiger charge is -2.09. The standard InChI is InChI=1S/C22H23F2N3O2/c1-3-19(26-29)16-8-10-27-20(14-25-21(27)13-16)17-6-4-5-15(11-17)12-18(28)7-9-22(2,23)24/h4-6,8,10-11,13-14,29H,3,7,9,12H2,1-2H3/b26-19-. The Kier molecular flexibility index (Phi) is 6.06. The summed E-state index contributed by atoms with van der Waals surface area (Å²) in [5.74, 6) is -3.03. The Bertz CT molecular complexity index is 1050. The van der Waals surface area contributed by atoms with Crippen molar-refractivity contribution < 1.29 is 18.8 Å². The smallest absolute Gasteiger partial charge is 0.245 e. The fourth-order valence-electron chi connectivity index (χ4n) is 3.22. The number of carbonyl (C=O) groups is 1. The number of benzene rings is 1. The first-order chi connectivity index (χ1) is 13.8. The molecule has 152 valence electrons. The molecule has 5 nitrogen and oxygen atoms in total. The van der Waals surface area contributed by atoms with Crippen molar-refractivity contribution in [1.29, 1.82) is 0 Å². The van der Waals surface area contributed by atoms with Gasteiger partial charge in [0.15, 0.2) is 0 Å². The highest BCUT2D eigenvalue weighted by atomic mass is 19.3. The number of nitrogens with zero attached hydrogens (tertiary/aromatic N) is 3. The van der Waals surface area contributed by atoms with Gasteiger partial charge in [-0.25, -0.2) is 13.8 Å². The molecule has 0 radical (unpaired) electrons. The maximum absolute atomic E-state index is 13.0. The summed E-state index contributed by atoms with van der Waals surface area (Å²) in [6.45, 7) is 2.73. The molecule has 3 aromatic rings. The maximum atomic E-state index is 13.0. The minimum Gasteiger partial charge on any atom is -0.411 e. The summed E-state index contributed by atoms with van der Waals surface area (Å²) in [5.41, 5.74) is 4.59. The van der Waals surface area contributed by atoms with Crippen LogP contribution in [0.25, 0.3) is 16.9 Å². The van der Waals surface area contributed by atoms with Crippen molar-refractivity contribution >= 4 is 17.1 Å². The molecule has 0 amide bonds. The molecule has 0 unspecified atom stereocenters. The van der Waals surface area contributed by atoms with E-state index in [-0.39, 0.29) is 18.6 Å². The van der Waals surface area contributed by atoms with Crippen molar-refractivity contribution in [3.63, 3.8) is 0 Å². The molecule has 0 fully saturated rings. The van der Waals surface area contributed by atoms with E-state index in [1.54, 1.807) is 6.20 Å². The predicted molar refractivity (Wildman–Crippen MR) is 108 cm³/mol. The van der Waals surface area contributed by atoms with E-state index >= 15 is 0 Å². The van der Waals surface area contributed by atoms with Gasteiger partial charge in [-0.2, -0.15) is 0 Å². The van der Waals surface area contributed by atoms with Crippen molar-refractivity contribution in [2.24, 2.45) is 5.16 Å². The van der Waals surface area contributed by atoms with Gasteiger partial charge in [0.2, 0.25) is 5.92 Å². The molecule has 0 atom stereocenters. The molecular weight excluding hydrogens is 376 g/mol. The third-order valence-electron chi connectivity index (χ3n) is 4.77. The average Bonchev–Trinajstić information content (AvgIpc) is 3.10. The van der Waals surface area contributed by atoms with E-state index in [1.165, 1.54) is 0 Å². The molecule has 7 heteroatoms. The van der Waals surface area contributed by atoms with Crippen LogP contribution in [-0.2, 0) is 11.2 Å². The topological polar surface area (TPSA) is 67.0 Å². The van der Waals surface area contributed by atoms with E-state index in [0.29, 0.717) is 17.8 Å². The maximum Gasteiger partial charge on any atom is 0.245 e. The first-order valence-corrected chi connectivity index (χ1v) is 9.48. The second-order valence-corrected chi connectivity index (χ2v) is 7.17. The molecule has 0 aliphatic heterocycles. The third-order valence-corrected chi connectivity index (χ3v) is 4.77. The first kappa shape index (κ1) is 20.6. The summed E-state index contributed by atoms with van der Waals surface area (Å²) in [4.78, 5) is 16.5. The van der Waals surface area contributed by atoms with Crippen LogP contribution < -0.4 is 0 Å². The average molecular weight is 399 g/mol. The molecule has 0 saturated carbocycles. The molecule has 0 saturated heterocycles. The molecular formula is C22H23F2N3O2. The molecule has 0 aliphatic rings. The van der Waals surface area contributed by atoms with E-state index < -0.39 is 12.3 Å². The third kappa shape index (κ3) is 5.04. The van der Waals surface area contributed by atoms with Crippen LogP contribution in [0.2, 0.25) is 0 Å².